The normalized spacial score (nSPS) is 15.0. The number of hydrogen-bond donors (Lipinski definition) is 1. The maximum atomic E-state index is 6.09. The predicted octanol–water partition coefficient (Wildman–Crippen LogP) is 4.60. The van der Waals surface area contributed by atoms with E-state index in [-0.39, 0.29) is 0 Å². The third kappa shape index (κ3) is 5.63. The van der Waals surface area contributed by atoms with Crippen molar-refractivity contribution in [3.8, 4) is 11.5 Å². The number of aromatic nitrogens is 1. The van der Waals surface area contributed by atoms with Crippen molar-refractivity contribution in [1.29, 1.82) is 0 Å². The van der Waals surface area contributed by atoms with E-state index in [1.807, 2.05) is 36.5 Å². The highest BCUT2D eigenvalue weighted by Crippen LogP contribution is 2.31. The topological polar surface area (TPSA) is 46.6 Å². The quantitative estimate of drug-likeness (QED) is 0.523. The molecule has 1 unspecified atom stereocenters. The molecule has 4 rings (SSSR count). The summed E-state index contributed by atoms with van der Waals surface area (Å²) >= 11 is 0. The molecule has 0 bridgehead atoms. The maximum Gasteiger partial charge on any atom is 0.124 e. The summed E-state index contributed by atoms with van der Waals surface area (Å²) in [4.78, 5) is 6.73. The minimum Gasteiger partial charge on any atom is -0.496 e. The summed E-state index contributed by atoms with van der Waals surface area (Å²) in [6.07, 6.45) is 6.14. The maximum absolute atomic E-state index is 6.09. The Morgan fingerprint density at radius 3 is 2.52 bits per heavy atom. The first-order valence-electron chi connectivity index (χ1n) is 11.0. The van der Waals surface area contributed by atoms with Gasteiger partial charge in [-0.2, -0.15) is 0 Å². The van der Waals surface area contributed by atoms with Crippen LogP contribution in [0.5, 0.6) is 11.5 Å². The van der Waals surface area contributed by atoms with E-state index in [4.69, 9.17) is 9.47 Å². The fourth-order valence-corrected chi connectivity index (χ4v) is 4.21. The number of methoxy groups -OCH3 is 1. The van der Waals surface area contributed by atoms with Gasteiger partial charge in [0.15, 0.2) is 0 Å². The Bertz CT molecular complexity index is 942. The molecule has 1 aliphatic heterocycles. The summed E-state index contributed by atoms with van der Waals surface area (Å²) in [6, 6.07) is 20.9. The number of nitrogens with zero attached hydrogens (tertiary/aromatic N) is 2. The third-order valence-corrected chi connectivity index (χ3v) is 5.82. The number of hydrogen-bond acceptors (Lipinski definition) is 5. The molecule has 1 atom stereocenters. The molecule has 3 aromatic rings. The first-order valence-corrected chi connectivity index (χ1v) is 11.0. The third-order valence-electron chi connectivity index (χ3n) is 5.82. The zero-order chi connectivity index (χ0) is 21.3. The summed E-state index contributed by atoms with van der Waals surface area (Å²) in [6.45, 7) is 4.40. The van der Waals surface area contributed by atoms with Crippen LogP contribution in [-0.2, 0) is 13.2 Å². The van der Waals surface area contributed by atoms with Gasteiger partial charge in [-0.3, -0.25) is 9.88 Å². The molecule has 1 aliphatic rings. The summed E-state index contributed by atoms with van der Waals surface area (Å²) in [5.74, 6) is 1.87. The summed E-state index contributed by atoms with van der Waals surface area (Å²) in [5, 5.41) is 3.68. The van der Waals surface area contributed by atoms with Crippen LogP contribution in [0.15, 0.2) is 73.1 Å². The highest BCUT2D eigenvalue weighted by Gasteiger charge is 2.25. The monoisotopic (exact) mass is 417 g/mol. The molecule has 162 valence electrons. The van der Waals surface area contributed by atoms with Crippen LogP contribution in [0.3, 0.4) is 0 Å². The van der Waals surface area contributed by atoms with E-state index in [0.717, 1.165) is 48.8 Å². The van der Waals surface area contributed by atoms with Gasteiger partial charge in [0.05, 0.1) is 13.2 Å². The minimum absolute atomic E-state index is 0.294. The zero-order valence-electron chi connectivity index (χ0n) is 18.2. The Labute approximate surface area is 185 Å². The number of nitrogens with one attached hydrogen (secondary N) is 1. The Kier molecular flexibility index (Phi) is 7.53. The van der Waals surface area contributed by atoms with E-state index in [9.17, 15) is 0 Å². The standard InChI is InChI=1S/C26H31N3O2/c1-30-26-13-5-3-11-23(26)24(29-15-6-7-16-29)19-28-18-22-10-2-4-12-25(22)31-20-21-9-8-14-27-17-21/h2-5,8-14,17,24,28H,6-7,15-16,18-20H2,1H3. The lowest BCUT2D eigenvalue weighted by atomic mass is 10.0. The Morgan fingerprint density at radius 2 is 1.74 bits per heavy atom. The van der Waals surface area contributed by atoms with Gasteiger partial charge >= 0.3 is 0 Å². The molecular weight excluding hydrogens is 386 g/mol. The van der Waals surface area contributed by atoms with Gasteiger partial charge in [-0.25, -0.2) is 0 Å². The lowest BCUT2D eigenvalue weighted by Crippen LogP contribution is -2.34. The van der Waals surface area contributed by atoms with E-state index in [2.05, 4.69) is 45.5 Å². The molecule has 1 N–H and O–H groups in total. The summed E-state index contributed by atoms with van der Waals surface area (Å²) in [7, 11) is 1.75. The predicted molar refractivity (Wildman–Crippen MR) is 123 cm³/mol. The summed E-state index contributed by atoms with van der Waals surface area (Å²) in [5.41, 5.74) is 3.47. The number of ether oxygens (including phenoxy) is 2. The number of rotatable bonds is 10. The van der Waals surface area contributed by atoms with Crippen LogP contribution in [0.25, 0.3) is 0 Å². The van der Waals surface area contributed by atoms with Gasteiger partial charge in [0.1, 0.15) is 18.1 Å². The molecule has 5 heteroatoms. The van der Waals surface area contributed by atoms with Crippen molar-refractivity contribution in [2.45, 2.75) is 32.0 Å². The van der Waals surface area contributed by atoms with Crippen molar-refractivity contribution in [2.75, 3.05) is 26.7 Å². The molecule has 0 aliphatic carbocycles. The molecule has 2 aromatic carbocycles. The van der Waals surface area contributed by atoms with Gasteiger partial charge < -0.3 is 14.8 Å². The molecule has 2 heterocycles. The van der Waals surface area contributed by atoms with Crippen LogP contribution in [0.4, 0.5) is 0 Å². The molecule has 1 aromatic heterocycles. The fourth-order valence-electron chi connectivity index (χ4n) is 4.21. The summed E-state index contributed by atoms with van der Waals surface area (Å²) < 4.78 is 11.8. The average Bonchev–Trinajstić information content (AvgIpc) is 3.36. The van der Waals surface area contributed by atoms with E-state index in [0.29, 0.717) is 12.6 Å². The van der Waals surface area contributed by atoms with Crippen molar-refractivity contribution in [2.24, 2.45) is 0 Å². The van der Waals surface area contributed by atoms with Gasteiger partial charge in [-0.05, 0) is 44.1 Å². The Balaban J connectivity index is 1.42. The zero-order valence-corrected chi connectivity index (χ0v) is 18.2. The van der Waals surface area contributed by atoms with E-state index in [1.54, 1.807) is 13.3 Å². The van der Waals surface area contributed by atoms with Gasteiger partial charge in [0.25, 0.3) is 0 Å². The Morgan fingerprint density at radius 1 is 0.968 bits per heavy atom. The van der Waals surface area contributed by atoms with Gasteiger partial charge in [-0.1, -0.05) is 42.5 Å². The molecule has 1 saturated heterocycles. The van der Waals surface area contributed by atoms with E-state index < -0.39 is 0 Å². The van der Waals surface area contributed by atoms with E-state index >= 15 is 0 Å². The van der Waals surface area contributed by atoms with Crippen LogP contribution >= 0.6 is 0 Å². The van der Waals surface area contributed by atoms with Gasteiger partial charge in [0, 0.05) is 42.2 Å². The second-order valence-corrected chi connectivity index (χ2v) is 7.89. The second kappa shape index (κ2) is 10.9. The fraction of sp³-hybridized carbons (Fsp3) is 0.346. The van der Waals surface area contributed by atoms with Crippen LogP contribution in [0.2, 0.25) is 0 Å². The first-order chi connectivity index (χ1) is 15.3. The number of pyridine rings is 1. The van der Waals surface area contributed by atoms with E-state index in [1.165, 1.54) is 18.4 Å². The molecule has 5 nitrogen and oxygen atoms in total. The highest BCUT2D eigenvalue weighted by molar-refractivity contribution is 5.37. The lowest BCUT2D eigenvalue weighted by Gasteiger charge is -2.29. The molecule has 0 radical (unpaired) electrons. The smallest absolute Gasteiger partial charge is 0.124 e. The molecule has 0 saturated carbocycles. The minimum atomic E-state index is 0.294. The second-order valence-electron chi connectivity index (χ2n) is 7.89. The molecule has 0 amide bonds. The Hall–Kier alpha value is -2.89. The van der Waals surface area contributed by atoms with Crippen molar-refractivity contribution in [3.05, 3.63) is 89.7 Å². The molecule has 31 heavy (non-hydrogen) atoms. The van der Waals surface area contributed by atoms with Crippen molar-refractivity contribution in [3.63, 3.8) is 0 Å². The van der Waals surface area contributed by atoms with Crippen LogP contribution < -0.4 is 14.8 Å². The van der Waals surface area contributed by atoms with Crippen molar-refractivity contribution < 1.29 is 9.47 Å². The number of likely N-dealkylation sites (tertiary alicyclic amines) is 1. The van der Waals surface area contributed by atoms with Crippen LogP contribution in [0.1, 0.15) is 35.6 Å². The SMILES string of the molecule is COc1ccccc1C(CNCc1ccccc1OCc1cccnc1)N1CCCC1. The van der Waals surface area contributed by atoms with Crippen LogP contribution in [-0.4, -0.2) is 36.6 Å². The molecular formula is C26H31N3O2. The molecule has 0 spiro atoms. The average molecular weight is 418 g/mol. The van der Waals surface area contributed by atoms with Crippen molar-refractivity contribution in [1.82, 2.24) is 15.2 Å². The van der Waals surface area contributed by atoms with Crippen molar-refractivity contribution >= 4 is 0 Å². The lowest BCUT2D eigenvalue weighted by molar-refractivity contribution is 0.232. The van der Waals surface area contributed by atoms with Gasteiger partial charge in [0.2, 0.25) is 0 Å². The molecule has 1 fully saturated rings. The first kappa shape index (κ1) is 21.3. The number of benzene rings is 2. The largest absolute Gasteiger partial charge is 0.496 e. The highest BCUT2D eigenvalue weighted by atomic mass is 16.5. The van der Waals surface area contributed by atoms with Gasteiger partial charge in [-0.15, -0.1) is 0 Å². The number of para-hydroxylation sites is 2. The van der Waals surface area contributed by atoms with Crippen LogP contribution in [0, 0.1) is 0 Å².